The van der Waals surface area contributed by atoms with Gasteiger partial charge >= 0.3 is 6.09 Å². The number of hydrogen-bond donors (Lipinski definition) is 4. The highest BCUT2D eigenvalue weighted by atomic mass is 32.2. The fraction of sp³-hybridized carbons (Fsp3) is 0.491. The van der Waals surface area contributed by atoms with Crippen LogP contribution in [0.4, 0.5) is 22.1 Å². The molecule has 1 saturated heterocycles. The number of anilines is 3. The van der Waals surface area contributed by atoms with Gasteiger partial charge in [-0.3, -0.25) is 43.5 Å². The zero-order valence-corrected chi connectivity index (χ0v) is 45.2. The summed E-state index contributed by atoms with van der Waals surface area (Å²) in [7, 11) is 1.92. The third-order valence-electron chi connectivity index (χ3n) is 14.8. The van der Waals surface area contributed by atoms with Crippen LogP contribution in [0.15, 0.2) is 71.9 Å². The van der Waals surface area contributed by atoms with Crippen LogP contribution in [0.3, 0.4) is 0 Å². The Morgan fingerprint density at radius 1 is 0.921 bits per heavy atom. The van der Waals surface area contributed by atoms with Crippen LogP contribution in [0.5, 0.6) is 0 Å². The Labute approximate surface area is 447 Å². The van der Waals surface area contributed by atoms with Crippen LogP contribution < -0.4 is 26.2 Å². The molecule has 76 heavy (non-hydrogen) atoms. The fourth-order valence-corrected chi connectivity index (χ4v) is 10.6. The van der Waals surface area contributed by atoms with Crippen molar-refractivity contribution >= 4 is 70.6 Å². The first-order valence-corrected chi connectivity index (χ1v) is 27.3. The molecule has 2 aromatic carbocycles. The number of unbranched alkanes of at least 4 members (excludes halogenated alkanes) is 2. The van der Waals surface area contributed by atoms with Gasteiger partial charge < -0.3 is 35.3 Å². The van der Waals surface area contributed by atoms with Gasteiger partial charge in [-0.25, -0.2) is 9.78 Å². The summed E-state index contributed by atoms with van der Waals surface area (Å²) in [5.74, 6) is -0.317. The number of hydrogen-bond acceptors (Lipinski definition) is 14. The summed E-state index contributed by atoms with van der Waals surface area (Å²) in [6.07, 6.45) is 10.7. The number of imide groups is 1. The van der Waals surface area contributed by atoms with Gasteiger partial charge in [0.05, 0.1) is 19.8 Å². The molecule has 1 saturated carbocycles. The van der Waals surface area contributed by atoms with Crippen molar-refractivity contribution < 1.29 is 43.0 Å². The fourth-order valence-electron chi connectivity index (χ4n) is 9.92. The third kappa shape index (κ3) is 12.4. The van der Waals surface area contributed by atoms with Crippen molar-refractivity contribution in [2.45, 2.75) is 134 Å². The van der Waals surface area contributed by atoms with Crippen LogP contribution in [0, 0.1) is 5.92 Å². The number of nitrogens with one attached hydrogen (secondary N) is 4. The first-order valence-electron chi connectivity index (χ1n) is 26.1. The molecule has 0 spiro atoms. The molecule has 7 amide bonds. The number of nitrogens with zero attached hydrogens (tertiary/aromatic N) is 7. The average molecular weight is 1060 g/mol. The van der Waals surface area contributed by atoms with E-state index in [0.29, 0.717) is 80.4 Å². The van der Waals surface area contributed by atoms with E-state index in [2.05, 4.69) is 44.5 Å². The number of fused-ring (bicyclic) bond motifs is 1. The normalized spacial score (nSPS) is 16.9. The Kier molecular flexibility index (Phi) is 17.3. The van der Waals surface area contributed by atoms with E-state index in [0.717, 1.165) is 46.7 Å². The number of carbonyl (C=O) groups excluding carboxylic acids is 7. The molecule has 4 aromatic rings. The van der Waals surface area contributed by atoms with Gasteiger partial charge in [0.1, 0.15) is 42.5 Å². The molecule has 2 atom stereocenters. The first-order chi connectivity index (χ1) is 36.4. The smallest absolute Gasteiger partial charge is 0.410 e. The number of thioether (sulfide) groups is 1. The van der Waals surface area contributed by atoms with Gasteiger partial charge in [0.2, 0.25) is 17.7 Å². The standard InChI is InChI=1S/C55H69N11O9S/c1-8-56-43-25-38(55(31-74-32-55)27-45-62-57-33-63(45)6)26-44(60-43)65-29-41-40(52(65)72)23-37(24-42(41)76-7)28-66(54(5)20-12-21-54)53(73)75-30-36-14-16-39(17-15-36)59-50(70)35(4)58-51(71)49(34(2)3)61-46(67)13-10-9-11-22-64-47(68)18-19-48(64)69/h14-19,23-26,33-35,49H,8-13,20-22,27-32H2,1-7H3,(H,56,60)(H,58,71)(H,59,70)(H,61,67). The molecule has 2 aromatic heterocycles. The van der Waals surface area contributed by atoms with Crippen molar-refractivity contribution in [3.63, 3.8) is 0 Å². The molecule has 21 heteroatoms. The number of amides is 7. The third-order valence-corrected chi connectivity index (χ3v) is 15.6. The summed E-state index contributed by atoms with van der Waals surface area (Å²) in [6, 6.07) is 13.1. The van der Waals surface area contributed by atoms with Gasteiger partial charge in [-0.1, -0.05) is 32.4 Å². The van der Waals surface area contributed by atoms with Crippen LogP contribution in [0.25, 0.3) is 0 Å². The molecular weight excluding hydrogens is 991 g/mol. The SMILES string of the molecule is CCNc1cc(C2(Cc3nncn3C)COC2)cc(N2Cc3c(SC)cc(CN(C(=O)OCc4ccc(NC(=O)C(C)NC(=O)C(NC(=O)CCCCCN5C(=O)C=CC5=O)C(C)C)cc4)C4(C)CCC4)cc3C2=O)n1. The molecule has 3 aliphatic heterocycles. The topological polar surface area (TPSA) is 239 Å². The minimum Gasteiger partial charge on any atom is -0.445 e. The van der Waals surface area contributed by atoms with Crippen LogP contribution in [0.1, 0.15) is 118 Å². The predicted molar refractivity (Wildman–Crippen MR) is 286 cm³/mol. The number of carbonyl (C=O) groups is 7. The van der Waals surface area contributed by atoms with Crippen LogP contribution in [-0.4, -0.2) is 121 Å². The van der Waals surface area contributed by atoms with E-state index in [1.807, 2.05) is 43.0 Å². The van der Waals surface area contributed by atoms with Crippen LogP contribution in [0.2, 0.25) is 0 Å². The van der Waals surface area contributed by atoms with E-state index in [4.69, 9.17) is 14.5 Å². The van der Waals surface area contributed by atoms with Gasteiger partial charge in [0.25, 0.3) is 17.7 Å². The predicted octanol–water partition coefficient (Wildman–Crippen LogP) is 6.19. The van der Waals surface area contributed by atoms with E-state index < -0.39 is 35.5 Å². The number of aromatic nitrogens is 4. The van der Waals surface area contributed by atoms with Gasteiger partial charge in [0.15, 0.2) is 0 Å². The molecule has 4 N–H and O–H groups in total. The van der Waals surface area contributed by atoms with Gasteiger partial charge in [-0.15, -0.1) is 22.0 Å². The highest BCUT2D eigenvalue weighted by molar-refractivity contribution is 7.98. The Hall–Kier alpha value is -7.13. The first kappa shape index (κ1) is 55.1. The number of rotatable bonds is 24. The zero-order chi connectivity index (χ0) is 54.3. The second-order valence-corrected chi connectivity index (χ2v) is 21.7. The molecule has 5 heterocycles. The van der Waals surface area contributed by atoms with E-state index in [1.54, 1.807) is 72.9 Å². The minimum atomic E-state index is -0.933. The minimum absolute atomic E-state index is 0.0205. The number of ether oxygens (including phenoxy) is 2. The van der Waals surface area contributed by atoms with Gasteiger partial charge in [0, 0.05) is 78.8 Å². The Balaban J connectivity index is 0.854. The lowest BCUT2D eigenvalue weighted by Gasteiger charge is -2.47. The molecule has 404 valence electrons. The molecule has 8 rings (SSSR count). The van der Waals surface area contributed by atoms with Crippen molar-refractivity contribution in [2.75, 3.05) is 48.1 Å². The van der Waals surface area contributed by atoms with Crippen molar-refractivity contribution in [1.82, 2.24) is 40.2 Å². The summed E-state index contributed by atoms with van der Waals surface area (Å²) < 4.78 is 13.7. The highest BCUT2D eigenvalue weighted by Crippen LogP contribution is 2.42. The van der Waals surface area contributed by atoms with Crippen LogP contribution >= 0.6 is 11.8 Å². The van der Waals surface area contributed by atoms with E-state index in [1.165, 1.54) is 17.1 Å². The average Bonchev–Trinajstić information content (AvgIpc) is 4.05. The quantitative estimate of drug-likeness (QED) is 0.0348. The molecular formula is C55H69N11O9S. The summed E-state index contributed by atoms with van der Waals surface area (Å²) in [6.45, 7) is 11.7. The molecule has 0 radical (unpaired) electrons. The van der Waals surface area contributed by atoms with Crippen molar-refractivity contribution in [3.8, 4) is 0 Å². The van der Waals surface area contributed by atoms with Gasteiger partial charge in [-0.05, 0) is 124 Å². The van der Waals surface area contributed by atoms with E-state index >= 15 is 0 Å². The molecule has 20 nitrogen and oxygen atoms in total. The molecule has 2 unspecified atom stereocenters. The van der Waals surface area contributed by atoms with Crippen LogP contribution in [-0.2, 0) is 72.0 Å². The molecule has 1 aliphatic carbocycles. The summed E-state index contributed by atoms with van der Waals surface area (Å²) in [5.41, 5.74) is 3.68. The second-order valence-electron chi connectivity index (χ2n) is 20.8. The van der Waals surface area contributed by atoms with Crippen molar-refractivity contribution in [3.05, 3.63) is 101 Å². The van der Waals surface area contributed by atoms with E-state index in [9.17, 15) is 33.6 Å². The maximum absolute atomic E-state index is 14.5. The maximum atomic E-state index is 14.5. The van der Waals surface area contributed by atoms with E-state index in [-0.39, 0.29) is 61.1 Å². The molecule has 2 fully saturated rings. The molecule has 4 aliphatic rings. The Bertz CT molecular complexity index is 2860. The summed E-state index contributed by atoms with van der Waals surface area (Å²) in [5, 5.41) is 20.1. The molecule has 0 bridgehead atoms. The Morgan fingerprint density at radius 3 is 2.28 bits per heavy atom. The lowest BCUT2D eigenvalue weighted by atomic mass is 9.75. The largest absolute Gasteiger partial charge is 0.445 e. The lowest BCUT2D eigenvalue weighted by Crippen LogP contribution is -2.53. The highest BCUT2D eigenvalue weighted by Gasteiger charge is 2.44. The number of pyridine rings is 1. The summed E-state index contributed by atoms with van der Waals surface area (Å²) >= 11 is 1.56. The van der Waals surface area contributed by atoms with Crippen molar-refractivity contribution in [2.24, 2.45) is 13.0 Å². The second kappa shape index (κ2) is 23.8. The monoisotopic (exact) mass is 1060 g/mol. The Morgan fingerprint density at radius 2 is 1.66 bits per heavy atom. The number of benzene rings is 2. The summed E-state index contributed by atoms with van der Waals surface area (Å²) in [4.78, 5) is 102. The maximum Gasteiger partial charge on any atom is 0.410 e. The number of aryl methyl sites for hydroxylation is 1. The van der Waals surface area contributed by atoms with Crippen molar-refractivity contribution in [1.29, 1.82) is 0 Å². The lowest BCUT2D eigenvalue weighted by molar-refractivity contribution is -0.137. The van der Waals surface area contributed by atoms with Gasteiger partial charge in [-0.2, -0.15) is 0 Å². The zero-order valence-electron chi connectivity index (χ0n) is 44.4.